The van der Waals surface area contributed by atoms with Crippen molar-refractivity contribution in [1.29, 1.82) is 0 Å². The van der Waals surface area contributed by atoms with Crippen molar-refractivity contribution in [1.82, 2.24) is 5.32 Å². The van der Waals surface area contributed by atoms with Gasteiger partial charge < -0.3 is 14.8 Å². The average Bonchev–Trinajstić information content (AvgIpc) is 3.04. The van der Waals surface area contributed by atoms with E-state index in [1.54, 1.807) is 0 Å². The molecule has 0 aliphatic carbocycles. The van der Waals surface area contributed by atoms with Crippen LogP contribution in [0.1, 0.15) is 28.8 Å². The maximum absolute atomic E-state index is 12.0. The second-order valence-corrected chi connectivity index (χ2v) is 5.22. The van der Waals surface area contributed by atoms with Crippen LogP contribution in [0, 0.1) is 17.0 Å². The molecule has 0 unspecified atom stereocenters. The van der Waals surface area contributed by atoms with Crippen molar-refractivity contribution in [2.24, 2.45) is 0 Å². The molecule has 1 fully saturated rings. The van der Waals surface area contributed by atoms with Crippen LogP contribution in [-0.2, 0) is 14.3 Å². The minimum absolute atomic E-state index is 0.00803. The Kier molecular flexibility index (Phi) is 5.64. The Hall–Kier alpha value is -2.48. The number of nitrogens with one attached hydrogen (secondary N) is 1. The topological polar surface area (TPSA) is 108 Å². The first-order valence-electron chi connectivity index (χ1n) is 7.28. The number of esters is 1. The summed E-state index contributed by atoms with van der Waals surface area (Å²) in [5, 5.41) is 13.5. The van der Waals surface area contributed by atoms with Gasteiger partial charge >= 0.3 is 5.97 Å². The average molecular weight is 322 g/mol. The van der Waals surface area contributed by atoms with Gasteiger partial charge in [-0.05, 0) is 25.8 Å². The van der Waals surface area contributed by atoms with Crippen LogP contribution in [0.15, 0.2) is 18.2 Å². The zero-order valence-electron chi connectivity index (χ0n) is 12.7. The molecule has 1 aromatic carbocycles. The molecule has 1 saturated heterocycles. The number of benzene rings is 1. The van der Waals surface area contributed by atoms with Crippen molar-refractivity contribution in [3.63, 3.8) is 0 Å². The quantitative estimate of drug-likeness (QED) is 0.481. The van der Waals surface area contributed by atoms with E-state index in [1.165, 1.54) is 25.1 Å². The first kappa shape index (κ1) is 16.9. The molecule has 0 aromatic heterocycles. The molecule has 1 aliphatic rings. The molecule has 0 spiro atoms. The van der Waals surface area contributed by atoms with Crippen molar-refractivity contribution < 1.29 is 24.0 Å². The molecule has 8 heteroatoms. The van der Waals surface area contributed by atoms with Gasteiger partial charge in [0.25, 0.3) is 11.6 Å². The molecule has 1 aromatic rings. The third-order valence-electron chi connectivity index (χ3n) is 3.61. The van der Waals surface area contributed by atoms with Gasteiger partial charge in [0.1, 0.15) is 0 Å². The molecule has 0 radical (unpaired) electrons. The molecule has 1 atom stereocenters. The zero-order valence-corrected chi connectivity index (χ0v) is 12.7. The summed E-state index contributed by atoms with van der Waals surface area (Å²) in [5.41, 5.74) is 0.121. The van der Waals surface area contributed by atoms with Gasteiger partial charge in [-0.25, -0.2) is 4.79 Å². The highest BCUT2D eigenvalue weighted by Gasteiger charge is 2.20. The van der Waals surface area contributed by atoms with E-state index < -0.39 is 23.4 Å². The van der Waals surface area contributed by atoms with E-state index in [0.29, 0.717) is 13.2 Å². The number of hydrogen-bond acceptors (Lipinski definition) is 6. The van der Waals surface area contributed by atoms with Gasteiger partial charge in [-0.2, -0.15) is 0 Å². The highest BCUT2D eigenvalue weighted by atomic mass is 16.6. The molecule has 2 rings (SSSR count). The van der Waals surface area contributed by atoms with Crippen molar-refractivity contribution in [3.8, 4) is 0 Å². The molecule has 8 nitrogen and oxygen atoms in total. The van der Waals surface area contributed by atoms with Crippen LogP contribution in [0.3, 0.4) is 0 Å². The van der Waals surface area contributed by atoms with E-state index in [2.05, 4.69) is 5.32 Å². The fraction of sp³-hybridized carbons (Fsp3) is 0.467. The Bertz CT molecular complexity index is 610. The molecule has 124 valence electrons. The molecule has 1 N–H and O–H groups in total. The Morgan fingerprint density at radius 1 is 1.48 bits per heavy atom. The molecule has 23 heavy (non-hydrogen) atoms. The van der Waals surface area contributed by atoms with E-state index >= 15 is 0 Å². The van der Waals surface area contributed by atoms with Crippen molar-refractivity contribution in [3.05, 3.63) is 39.4 Å². The molecule has 0 saturated carbocycles. The normalized spacial score (nSPS) is 16.8. The number of nitrogens with zero attached hydrogens (tertiary/aromatic N) is 1. The van der Waals surface area contributed by atoms with Crippen LogP contribution >= 0.6 is 0 Å². The van der Waals surface area contributed by atoms with Crippen molar-refractivity contribution >= 4 is 17.6 Å². The number of carbonyl (C=O) groups excluding carboxylic acids is 2. The monoisotopic (exact) mass is 322 g/mol. The minimum atomic E-state index is -0.765. The van der Waals surface area contributed by atoms with E-state index in [1.807, 2.05) is 0 Å². The van der Waals surface area contributed by atoms with Gasteiger partial charge in [0.2, 0.25) is 0 Å². The lowest BCUT2D eigenvalue weighted by Gasteiger charge is -2.11. The van der Waals surface area contributed by atoms with Gasteiger partial charge in [-0.1, -0.05) is 6.07 Å². The Labute approximate surface area is 132 Å². The summed E-state index contributed by atoms with van der Waals surface area (Å²) < 4.78 is 10.3. The number of amides is 1. The Balaban J connectivity index is 1.85. The lowest BCUT2D eigenvalue weighted by molar-refractivity contribution is -0.385. The van der Waals surface area contributed by atoms with Gasteiger partial charge in [-0.3, -0.25) is 14.9 Å². The lowest BCUT2D eigenvalue weighted by atomic mass is 10.1. The van der Waals surface area contributed by atoms with Crippen LogP contribution in [0.5, 0.6) is 0 Å². The first-order chi connectivity index (χ1) is 11.0. The van der Waals surface area contributed by atoms with Gasteiger partial charge in [-0.15, -0.1) is 0 Å². The number of carbonyl (C=O) groups is 2. The minimum Gasteiger partial charge on any atom is -0.452 e. The Morgan fingerprint density at radius 2 is 2.26 bits per heavy atom. The molecule has 0 bridgehead atoms. The smallest absolute Gasteiger partial charge is 0.339 e. The SMILES string of the molecule is Cc1c(C(=O)OCC(=O)NC[C@H]2CCCO2)cccc1[N+](=O)[O-]. The fourth-order valence-corrected chi connectivity index (χ4v) is 2.34. The summed E-state index contributed by atoms with van der Waals surface area (Å²) in [7, 11) is 0. The van der Waals surface area contributed by atoms with Gasteiger partial charge in [0.15, 0.2) is 6.61 Å². The third-order valence-corrected chi connectivity index (χ3v) is 3.61. The van der Waals surface area contributed by atoms with E-state index in [0.717, 1.165) is 12.8 Å². The van der Waals surface area contributed by atoms with Crippen LogP contribution in [0.2, 0.25) is 0 Å². The Morgan fingerprint density at radius 3 is 2.91 bits per heavy atom. The van der Waals surface area contributed by atoms with E-state index in [-0.39, 0.29) is 22.9 Å². The molecule has 1 aliphatic heterocycles. The van der Waals surface area contributed by atoms with Gasteiger partial charge in [0.05, 0.1) is 16.6 Å². The van der Waals surface area contributed by atoms with E-state index in [4.69, 9.17) is 9.47 Å². The predicted octanol–water partition coefficient (Wildman–Crippen LogP) is 1.36. The first-order valence-corrected chi connectivity index (χ1v) is 7.28. The number of nitro benzene ring substituents is 1. The summed E-state index contributed by atoms with van der Waals surface area (Å²) in [6, 6.07) is 4.13. The summed E-state index contributed by atoms with van der Waals surface area (Å²) in [6.45, 7) is 2.10. The molecule has 1 amide bonds. The highest BCUT2D eigenvalue weighted by molar-refractivity contribution is 5.93. The lowest BCUT2D eigenvalue weighted by Crippen LogP contribution is -2.34. The predicted molar refractivity (Wildman–Crippen MR) is 80.1 cm³/mol. The molecule has 1 heterocycles. The fourth-order valence-electron chi connectivity index (χ4n) is 2.34. The molecular formula is C15H18N2O6. The van der Waals surface area contributed by atoms with Crippen molar-refractivity contribution in [2.45, 2.75) is 25.9 Å². The maximum atomic E-state index is 12.0. The summed E-state index contributed by atoms with van der Waals surface area (Å²) in [5.74, 6) is -1.20. The third kappa shape index (κ3) is 4.49. The van der Waals surface area contributed by atoms with Crippen LogP contribution in [-0.4, -0.2) is 42.7 Å². The van der Waals surface area contributed by atoms with Crippen LogP contribution in [0.25, 0.3) is 0 Å². The number of rotatable bonds is 6. The largest absolute Gasteiger partial charge is 0.452 e. The van der Waals surface area contributed by atoms with Crippen molar-refractivity contribution in [2.75, 3.05) is 19.8 Å². The second-order valence-electron chi connectivity index (χ2n) is 5.22. The number of ether oxygens (including phenoxy) is 2. The standard InChI is InChI=1S/C15H18N2O6/c1-10-12(5-2-6-13(10)17(20)21)15(19)23-9-14(18)16-8-11-4-3-7-22-11/h2,5-6,11H,3-4,7-9H2,1H3,(H,16,18)/t11-/m1/s1. The number of nitro groups is 1. The van der Waals surface area contributed by atoms with Crippen LogP contribution in [0.4, 0.5) is 5.69 Å². The summed E-state index contributed by atoms with van der Waals surface area (Å²) >= 11 is 0. The zero-order chi connectivity index (χ0) is 16.8. The maximum Gasteiger partial charge on any atom is 0.339 e. The summed E-state index contributed by atoms with van der Waals surface area (Å²) in [6.07, 6.45) is 1.88. The van der Waals surface area contributed by atoms with Gasteiger partial charge in [0, 0.05) is 24.8 Å². The van der Waals surface area contributed by atoms with E-state index in [9.17, 15) is 19.7 Å². The molecular weight excluding hydrogens is 304 g/mol. The highest BCUT2D eigenvalue weighted by Crippen LogP contribution is 2.21. The van der Waals surface area contributed by atoms with Crippen LogP contribution < -0.4 is 5.32 Å². The second kappa shape index (κ2) is 7.68. The summed E-state index contributed by atoms with van der Waals surface area (Å²) in [4.78, 5) is 33.9. The number of hydrogen-bond donors (Lipinski definition) is 1.